The lowest BCUT2D eigenvalue weighted by Crippen LogP contribution is -2.08. The summed E-state index contributed by atoms with van der Waals surface area (Å²) in [4.78, 5) is 0. The van der Waals surface area contributed by atoms with Crippen molar-refractivity contribution in [2.75, 3.05) is 0 Å². The van der Waals surface area contributed by atoms with Gasteiger partial charge in [-0.3, -0.25) is 5.41 Å². The first-order valence-electron chi connectivity index (χ1n) is 3.96. The first-order valence-corrected chi connectivity index (χ1v) is 3.96. The van der Waals surface area contributed by atoms with Gasteiger partial charge in [0.25, 0.3) is 0 Å². The monoisotopic (exact) mass is 142 g/mol. The van der Waals surface area contributed by atoms with Gasteiger partial charge in [0.1, 0.15) is 0 Å². The zero-order chi connectivity index (χ0) is 7.98. The quantitative estimate of drug-likeness (QED) is 0.345. The van der Waals surface area contributed by atoms with Crippen molar-refractivity contribution in [3.63, 3.8) is 0 Å². The van der Waals surface area contributed by atoms with Crippen molar-refractivity contribution >= 4 is 5.84 Å². The maximum atomic E-state index is 6.96. The van der Waals surface area contributed by atoms with Crippen molar-refractivity contribution in [3.05, 3.63) is 0 Å². The highest BCUT2D eigenvalue weighted by atomic mass is 14.7. The fourth-order valence-corrected chi connectivity index (χ4v) is 0.868. The number of nitrogens with two attached hydrogens (primary N) is 1. The molecule has 0 bridgehead atoms. The van der Waals surface area contributed by atoms with E-state index < -0.39 is 0 Å². The molecule has 0 aromatic heterocycles. The van der Waals surface area contributed by atoms with E-state index >= 15 is 0 Å². The summed E-state index contributed by atoms with van der Waals surface area (Å²) in [6.07, 6.45) is 4.31. The Labute approximate surface area is 63.3 Å². The van der Waals surface area contributed by atoms with Crippen LogP contribution < -0.4 is 5.73 Å². The molecule has 0 unspecified atom stereocenters. The van der Waals surface area contributed by atoms with Crippen molar-refractivity contribution in [1.29, 1.82) is 5.41 Å². The minimum atomic E-state index is 0.323. The third-order valence-electron chi connectivity index (χ3n) is 1.48. The molecule has 0 aliphatic heterocycles. The van der Waals surface area contributed by atoms with Crippen LogP contribution in [0.3, 0.4) is 0 Å². The van der Waals surface area contributed by atoms with E-state index in [1.165, 1.54) is 12.8 Å². The zero-order valence-corrected chi connectivity index (χ0v) is 6.98. The molecule has 10 heavy (non-hydrogen) atoms. The molecule has 0 heterocycles. The van der Waals surface area contributed by atoms with Gasteiger partial charge in [-0.1, -0.05) is 26.7 Å². The van der Waals surface area contributed by atoms with Crippen LogP contribution in [-0.2, 0) is 0 Å². The molecule has 0 aromatic rings. The molecule has 0 rings (SSSR count). The highest BCUT2D eigenvalue weighted by Gasteiger charge is 1.94. The Morgan fingerprint density at radius 3 is 2.40 bits per heavy atom. The molecule has 0 aliphatic rings. The average molecular weight is 142 g/mol. The van der Waals surface area contributed by atoms with E-state index in [-0.39, 0.29) is 0 Å². The SMILES string of the molecule is CC(C)CCCCC(=N)N. The Balaban J connectivity index is 2.98. The lowest BCUT2D eigenvalue weighted by Gasteiger charge is -2.02. The van der Waals surface area contributed by atoms with E-state index in [4.69, 9.17) is 11.1 Å². The summed E-state index contributed by atoms with van der Waals surface area (Å²) in [5, 5.41) is 6.96. The molecule has 0 spiro atoms. The largest absolute Gasteiger partial charge is 0.388 e. The van der Waals surface area contributed by atoms with E-state index in [9.17, 15) is 0 Å². The zero-order valence-electron chi connectivity index (χ0n) is 6.98. The van der Waals surface area contributed by atoms with Gasteiger partial charge >= 0.3 is 0 Å². The van der Waals surface area contributed by atoms with E-state index in [1.54, 1.807) is 0 Å². The Kier molecular flexibility index (Phi) is 4.99. The van der Waals surface area contributed by atoms with Gasteiger partial charge in [0.15, 0.2) is 0 Å². The van der Waals surface area contributed by atoms with Crippen LogP contribution in [0.1, 0.15) is 39.5 Å². The minimum absolute atomic E-state index is 0.323. The highest BCUT2D eigenvalue weighted by Crippen LogP contribution is 2.07. The number of unbranched alkanes of at least 4 members (excludes halogenated alkanes) is 1. The summed E-state index contributed by atoms with van der Waals surface area (Å²) in [7, 11) is 0. The number of nitrogens with one attached hydrogen (secondary N) is 1. The molecule has 0 saturated heterocycles. The normalized spacial score (nSPS) is 10.3. The van der Waals surface area contributed by atoms with E-state index in [1.807, 2.05) is 0 Å². The van der Waals surface area contributed by atoms with Crippen LogP contribution in [0.15, 0.2) is 0 Å². The second-order valence-electron chi connectivity index (χ2n) is 3.16. The average Bonchev–Trinajstić information content (AvgIpc) is 1.79. The Morgan fingerprint density at radius 1 is 1.40 bits per heavy atom. The van der Waals surface area contributed by atoms with E-state index in [0.29, 0.717) is 5.84 Å². The van der Waals surface area contributed by atoms with E-state index in [0.717, 1.165) is 18.8 Å². The number of rotatable bonds is 5. The van der Waals surface area contributed by atoms with Crippen LogP contribution in [0.5, 0.6) is 0 Å². The Bertz CT molecular complexity index is 97.4. The number of hydrogen-bond acceptors (Lipinski definition) is 1. The third kappa shape index (κ3) is 7.47. The van der Waals surface area contributed by atoms with Gasteiger partial charge in [0, 0.05) is 6.42 Å². The second-order valence-corrected chi connectivity index (χ2v) is 3.16. The Hall–Kier alpha value is -0.530. The first-order chi connectivity index (χ1) is 4.63. The van der Waals surface area contributed by atoms with Gasteiger partial charge in [0.05, 0.1) is 5.84 Å². The summed E-state index contributed by atoms with van der Waals surface area (Å²) >= 11 is 0. The van der Waals surface area contributed by atoms with Crippen molar-refractivity contribution in [3.8, 4) is 0 Å². The van der Waals surface area contributed by atoms with Gasteiger partial charge in [0.2, 0.25) is 0 Å². The second kappa shape index (κ2) is 5.27. The van der Waals surface area contributed by atoms with Gasteiger partial charge in [-0.05, 0) is 12.3 Å². The molecule has 0 fully saturated rings. The molecule has 2 heteroatoms. The number of hydrogen-bond donors (Lipinski definition) is 2. The molecule has 0 radical (unpaired) electrons. The van der Waals surface area contributed by atoms with Crippen LogP contribution in [-0.4, -0.2) is 5.84 Å². The topological polar surface area (TPSA) is 49.9 Å². The molecular weight excluding hydrogens is 124 g/mol. The van der Waals surface area contributed by atoms with E-state index in [2.05, 4.69) is 13.8 Å². The fourth-order valence-electron chi connectivity index (χ4n) is 0.868. The molecule has 0 saturated carbocycles. The standard InChI is InChI=1S/C8H18N2/c1-7(2)5-3-4-6-8(9)10/h7H,3-6H2,1-2H3,(H3,9,10). The predicted molar refractivity (Wildman–Crippen MR) is 45.2 cm³/mol. The molecule has 60 valence electrons. The summed E-state index contributed by atoms with van der Waals surface area (Å²) in [5.74, 6) is 1.11. The molecule has 0 aliphatic carbocycles. The summed E-state index contributed by atoms with van der Waals surface area (Å²) < 4.78 is 0. The lowest BCUT2D eigenvalue weighted by molar-refractivity contribution is 0.543. The van der Waals surface area contributed by atoms with Gasteiger partial charge in [-0.25, -0.2) is 0 Å². The van der Waals surface area contributed by atoms with Crippen LogP contribution in [0.4, 0.5) is 0 Å². The van der Waals surface area contributed by atoms with Crippen LogP contribution in [0, 0.1) is 11.3 Å². The predicted octanol–water partition coefficient (Wildman–Crippen LogP) is 2.14. The fraction of sp³-hybridized carbons (Fsp3) is 0.875. The highest BCUT2D eigenvalue weighted by molar-refractivity contribution is 5.76. The summed E-state index contributed by atoms with van der Waals surface area (Å²) in [5.41, 5.74) is 5.19. The molecule has 0 aromatic carbocycles. The van der Waals surface area contributed by atoms with Crippen LogP contribution in [0.25, 0.3) is 0 Å². The molecule has 3 N–H and O–H groups in total. The molecule has 0 amide bonds. The summed E-state index contributed by atoms with van der Waals surface area (Å²) in [6.45, 7) is 4.43. The molecule has 0 atom stereocenters. The van der Waals surface area contributed by atoms with Crippen molar-refractivity contribution < 1.29 is 0 Å². The van der Waals surface area contributed by atoms with Crippen LogP contribution >= 0.6 is 0 Å². The minimum Gasteiger partial charge on any atom is -0.388 e. The first kappa shape index (κ1) is 9.47. The molecule has 2 nitrogen and oxygen atoms in total. The Morgan fingerprint density at radius 2 is 2.00 bits per heavy atom. The van der Waals surface area contributed by atoms with Gasteiger partial charge < -0.3 is 5.73 Å². The van der Waals surface area contributed by atoms with Gasteiger partial charge in [-0.2, -0.15) is 0 Å². The van der Waals surface area contributed by atoms with Crippen molar-refractivity contribution in [1.82, 2.24) is 0 Å². The lowest BCUT2D eigenvalue weighted by atomic mass is 10.1. The van der Waals surface area contributed by atoms with Crippen LogP contribution in [0.2, 0.25) is 0 Å². The smallest absolute Gasteiger partial charge is 0.0905 e. The van der Waals surface area contributed by atoms with Crippen molar-refractivity contribution in [2.24, 2.45) is 11.7 Å². The third-order valence-corrected chi connectivity index (χ3v) is 1.48. The maximum Gasteiger partial charge on any atom is 0.0905 e. The van der Waals surface area contributed by atoms with Crippen molar-refractivity contribution in [2.45, 2.75) is 39.5 Å². The number of amidine groups is 1. The maximum absolute atomic E-state index is 6.96. The summed E-state index contributed by atoms with van der Waals surface area (Å²) in [6, 6.07) is 0. The molecular formula is C8H18N2. The van der Waals surface area contributed by atoms with Gasteiger partial charge in [-0.15, -0.1) is 0 Å².